The van der Waals surface area contributed by atoms with Gasteiger partial charge in [-0.15, -0.1) is 0 Å². The maximum Gasteiger partial charge on any atom is 0.226 e. The third-order valence-corrected chi connectivity index (χ3v) is 4.27. The number of benzene rings is 1. The minimum absolute atomic E-state index is 0.241. The maximum absolute atomic E-state index is 13.0. The van der Waals surface area contributed by atoms with Gasteiger partial charge in [-0.25, -0.2) is 9.37 Å². The summed E-state index contributed by atoms with van der Waals surface area (Å²) < 4.78 is 18.5. The van der Waals surface area contributed by atoms with Crippen molar-refractivity contribution in [2.75, 3.05) is 20.1 Å². The Hall–Kier alpha value is -1.72. The highest BCUT2D eigenvalue weighted by Crippen LogP contribution is 2.33. The van der Waals surface area contributed by atoms with Crippen LogP contribution in [0.25, 0.3) is 11.5 Å². The van der Waals surface area contributed by atoms with E-state index in [4.69, 9.17) is 10.2 Å². The van der Waals surface area contributed by atoms with Gasteiger partial charge in [0.2, 0.25) is 5.89 Å². The predicted molar refractivity (Wildman–Crippen MR) is 79.0 cm³/mol. The average Bonchev–Trinajstić information content (AvgIpc) is 2.98. The first-order valence-corrected chi connectivity index (χ1v) is 7.29. The molecule has 4 nitrogen and oxygen atoms in total. The molecule has 1 aliphatic heterocycles. The van der Waals surface area contributed by atoms with Crippen molar-refractivity contribution in [3.05, 3.63) is 42.0 Å². The molecule has 0 amide bonds. The molecule has 2 unspecified atom stereocenters. The van der Waals surface area contributed by atoms with Crippen molar-refractivity contribution in [3.8, 4) is 11.5 Å². The fourth-order valence-electron chi connectivity index (χ4n) is 2.88. The summed E-state index contributed by atoms with van der Waals surface area (Å²) in [6.07, 6.45) is 3.84. The van der Waals surface area contributed by atoms with Gasteiger partial charge in [-0.3, -0.25) is 4.90 Å². The van der Waals surface area contributed by atoms with Crippen molar-refractivity contribution in [1.82, 2.24) is 9.88 Å². The lowest BCUT2D eigenvalue weighted by Gasteiger charge is -2.35. The van der Waals surface area contributed by atoms with Gasteiger partial charge in [-0.2, -0.15) is 0 Å². The van der Waals surface area contributed by atoms with Crippen LogP contribution in [0.15, 0.2) is 34.9 Å². The van der Waals surface area contributed by atoms with Crippen molar-refractivity contribution in [2.24, 2.45) is 11.7 Å². The van der Waals surface area contributed by atoms with Crippen LogP contribution >= 0.6 is 0 Å². The summed E-state index contributed by atoms with van der Waals surface area (Å²) in [4.78, 5) is 6.87. The zero-order chi connectivity index (χ0) is 14.8. The first-order chi connectivity index (χ1) is 10.2. The topological polar surface area (TPSA) is 55.3 Å². The number of halogens is 1. The standard InChI is InChI=1S/C16H20FN3O/c1-20-7-6-11(9-18)8-15(20)14-10-21-16(19-14)12-2-4-13(17)5-3-12/h2-5,10-11,15H,6-9,18H2,1H3. The van der Waals surface area contributed by atoms with E-state index >= 15 is 0 Å². The van der Waals surface area contributed by atoms with Crippen LogP contribution in [-0.4, -0.2) is 30.0 Å². The Morgan fingerprint density at radius 3 is 2.86 bits per heavy atom. The normalized spacial score (nSPS) is 23.4. The lowest BCUT2D eigenvalue weighted by atomic mass is 9.90. The molecule has 0 bridgehead atoms. The fourth-order valence-corrected chi connectivity index (χ4v) is 2.88. The van der Waals surface area contributed by atoms with Crippen LogP contribution in [0.5, 0.6) is 0 Å². The fraction of sp³-hybridized carbons (Fsp3) is 0.438. The Balaban J connectivity index is 1.82. The summed E-state index contributed by atoms with van der Waals surface area (Å²) in [5.41, 5.74) is 7.52. The highest BCUT2D eigenvalue weighted by atomic mass is 19.1. The summed E-state index contributed by atoms with van der Waals surface area (Å²) in [5.74, 6) is 0.814. The summed E-state index contributed by atoms with van der Waals surface area (Å²) in [6, 6.07) is 6.42. The minimum Gasteiger partial charge on any atom is -0.444 e. The molecule has 0 saturated carbocycles. The van der Waals surface area contributed by atoms with E-state index in [1.54, 1.807) is 18.4 Å². The third-order valence-electron chi connectivity index (χ3n) is 4.27. The number of aromatic nitrogens is 1. The number of piperidine rings is 1. The number of likely N-dealkylation sites (tertiary alicyclic amines) is 1. The second-order valence-electron chi connectivity index (χ2n) is 5.71. The molecule has 2 atom stereocenters. The summed E-state index contributed by atoms with van der Waals surface area (Å²) in [5, 5.41) is 0. The number of nitrogens with two attached hydrogens (primary N) is 1. The Morgan fingerprint density at radius 2 is 2.14 bits per heavy atom. The predicted octanol–water partition coefficient (Wildman–Crippen LogP) is 2.82. The Morgan fingerprint density at radius 1 is 1.38 bits per heavy atom. The van der Waals surface area contributed by atoms with Crippen LogP contribution in [0.2, 0.25) is 0 Å². The molecule has 112 valence electrons. The Bertz CT molecular complexity index is 596. The van der Waals surface area contributed by atoms with Crippen LogP contribution in [0.4, 0.5) is 4.39 Å². The van der Waals surface area contributed by atoms with E-state index in [9.17, 15) is 4.39 Å². The van der Waals surface area contributed by atoms with E-state index in [0.29, 0.717) is 18.4 Å². The van der Waals surface area contributed by atoms with Gasteiger partial charge in [0, 0.05) is 5.56 Å². The van der Waals surface area contributed by atoms with Crippen LogP contribution in [0, 0.1) is 11.7 Å². The van der Waals surface area contributed by atoms with E-state index in [1.807, 2.05) is 0 Å². The highest BCUT2D eigenvalue weighted by molar-refractivity contribution is 5.52. The average molecular weight is 289 g/mol. The Kier molecular flexibility index (Phi) is 4.03. The van der Waals surface area contributed by atoms with Gasteiger partial charge in [-0.1, -0.05) is 0 Å². The second kappa shape index (κ2) is 5.95. The molecule has 1 aliphatic rings. The van der Waals surface area contributed by atoms with Crippen molar-refractivity contribution in [3.63, 3.8) is 0 Å². The number of hydrogen-bond donors (Lipinski definition) is 1. The number of hydrogen-bond acceptors (Lipinski definition) is 4. The zero-order valence-electron chi connectivity index (χ0n) is 12.1. The molecule has 0 spiro atoms. The first-order valence-electron chi connectivity index (χ1n) is 7.29. The Labute approximate surface area is 123 Å². The molecular formula is C16H20FN3O. The molecular weight excluding hydrogens is 269 g/mol. The van der Waals surface area contributed by atoms with E-state index in [0.717, 1.165) is 30.6 Å². The molecule has 1 aromatic heterocycles. The molecule has 0 radical (unpaired) electrons. The highest BCUT2D eigenvalue weighted by Gasteiger charge is 2.28. The molecule has 1 aromatic carbocycles. The zero-order valence-corrected chi connectivity index (χ0v) is 12.1. The maximum atomic E-state index is 13.0. The summed E-state index contributed by atoms with van der Waals surface area (Å²) >= 11 is 0. The van der Waals surface area contributed by atoms with Crippen molar-refractivity contribution in [2.45, 2.75) is 18.9 Å². The molecule has 1 saturated heterocycles. The van der Waals surface area contributed by atoms with Crippen LogP contribution in [0.3, 0.4) is 0 Å². The minimum atomic E-state index is -0.261. The van der Waals surface area contributed by atoms with Gasteiger partial charge >= 0.3 is 0 Å². The van der Waals surface area contributed by atoms with Gasteiger partial charge in [0.1, 0.15) is 12.1 Å². The quantitative estimate of drug-likeness (QED) is 0.944. The molecule has 21 heavy (non-hydrogen) atoms. The van der Waals surface area contributed by atoms with Gasteiger partial charge < -0.3 is 10.2 Å². The lowest BCUT2D eigenvalue weighted by Crippen LogP contribution is -2.36. The molecule has 5 heteroatoms. The van der Waals surface area contributed by atoms with E-state index in [-0.39, 0.29) is 11.9 Å². The number of nitrogens with zero attached hydrogens (tertiary/aromatic N) is 2. The molecule has 1 fully saturated rings. The first kappa shape index (κ1) is 14.2. The SMILES string of the molecule is CN1CCC(CN)CC1c1coc(-c2ccc(F)cc2)n1. The molecule has 3 rings (SSSR count). The number of rotatable bonds is 3. The summed E-state index contributed by atoms with van der Waals surface area (Å²) in [7, 11) is 2.10. The summed E-state index contributed by atoms with van der Waals surface area (Å²) in [6.45, 7) is 1.73. The lowest BCUT2D eigenvalue weighted by molar-refractivity contribution is 0.142. The van der Waals surface area contributed by atoms with E-state index in [2.05, 4.69) is 16.9 Å². The largest absolute Gasteiger partial charge is 0.444 e. The van der Waals surface area contributed by atoms with Gasteiger partial charge in [-0.05, 0) is 63.2 Å². The van der Waals surface area contributed by atoms with Gasteiger partial charge in [0.05, 0.1) is 11.7 Å². The van der Waals surface area contributed by atoms with Crippen LogP contribution < -0.4 is 5.73 Å². The monoisotopic (exact) mass is 289 g/mol. The van der Waals surface area contributed by atoms with E-state index < -0.39 is 0 Å². The van der Waals surface area contributed by atoms with Crippen LogP contribution in [0.1, 0.15) is 24.6 Å². The van der Waals surface area contributed by atoms with Crippen LogP contribution in [-0.2, 0) is 0 Å². The third kappa shape index (κ3) is 2.99. The smallest absolute Gasteiger partial charge is 0.226 e. The van der Waals surface area contributed by atoms with Crippen molar-refractivity contribution in [1.29, 1.82) is 0 Å². The van der Waals surface area contributed by atoms with Crippen molar-refractivity contribution < 1.29 is 8.81 Å². The molecule has 2 aromatic rings. The molecule has 2 heterocycles. The van der Waals surface area contributed by atoms with Crippen molar-refractivity contribution >= 4 is 0 Å². The van der Waals surface area contributed by atoms with Gasteiger partial charge in [0.25, 0.3) is 0 Å². The molecule has 2 N–H and O–H groups in total. The van der Waals surface area contributed by atoms with Gasteiger partial charge in [0.15, 0.2) is 0 Å². The second-order valence-corrected chi connectivity index (χ2v) is 5.71. The molecule has 0 aliphatic carbocycles. The van der Waals surface area contributed by atoms with E-state index in [1.165, 1.54) is 12.1 Å². The number of oxazole rings is 1.